The van der Waals surface area contributed by atoms with Gasteiger partial charge in [-0.2, -0.15) is 0 Å². The Morgan fingerprint density at radius 3 is 2.10 bits per heavy atom. The predicted molar refractivity (Wildman–Crippen MR) is 114 cm³/mol. The highest BCUT2D eigenvalue weighted by molar-refractivity contribution is 5.94. The van der Waals surface area contributed by atoms with Crippen LogP contribution in [0.2, 0.25) is 0 Å². The standard InChI is InChI=1S/C24H26N2O3/c1-18(23(19-9-5-3-6-10-19)20-11-7-4-8-12-20)25-24(28)21-13-14-22(27)26(17-21)15-16-29-2/h3-14,17-18,23H,15-16H2,1-2H3,(H,25,28). The van der Waals surface area contributed by atoms with Gasteiger partial charge in [-0.05, 0) is 24.1 Å². The second-order valence-corrected chi connectivity index (χ2v) is 7.00. The Morgan fingerprint density at radius 1 is 0.966 bits per heavy atom. The minimum Gasteiger partial charge on any atom is -0.383 e. The van der Waals surface area contributed by atoms with Crippen molar-refractivity contribution in [2.24, 2.45) is 0 Å². The summed E-state index contributed by atoms with van der Waals surface area (Å²) in [5.74, 6) is -0.193. The minimum atomic E-state index is -0.208. The first kappa shape index (κ1) is 20.6. The molecule has 5 nitrogen and oxygen atoms in total. The highest BCUT2D eigenvalue weighted by atomic mass is 16.5. The Hall–Kier alpha value is -3.18. The Kier molecular flexibility index (Phi) is 6.98. The predicted octanol–water partition coefficient (Wildman–Crippen LogP) is 3.45. The average Bonchev–Trinajstić information content (AvgIpc) is 2.75. The van der Waals surface area contributed by atoms with Crippen LogP contribution < -0.4 is 10.9 Å². The van der Waals surface area contributed by atoms with Crippen molar-refractivity contribution >= 4 is 5.91 Å². The highest BCUT2D eigenvalue weighted by Gasteiger charge is 2.23. The van der Waals surface area contributed by atoms with Gasteiger partial charge in [0.2, 0.25) is 0 Å². The molecule has 0 saturated carbocycles. The summed E-state index contributed by atoms with van der Waals surface area (Å²) in [6.07, 6.45) is 1.59. The Balaban J connectivity index is 1.84. The number of amides is 1. The molecule has 1 amide bonds. The molecule has 0 aliphatic heterocycles. The molecule has 1 N–H and O–H groups in total. The van der Waals surface area contributed by atoms with Crippen molar-refractivity contribution in [3.8, 4) is 0 Å². The van der Waals surface area contributed by atoms with E-state index in [0.717, 1.165) is 11.1 Å². The van der Waals surface area contributed by atoms with E-state index in [1.807, 2.05) is 43.3 Å². The molecule has 150 valence electrons. The molecule has 0 aliphatic carbocycles. The number of pyridine rings is 1. The number of ether oxygens (including phenoxy) is 1. The topological polar surface area (TPSA) is 60.3 Å². The molecule has 1 aromatic heterocycles. The van der Waals surface area contributed by atoms with Crippen LogP contribution in [0, 0.1) is 0 Å². The van der Waals surface area contributed by atoms with Crippen LogP contribution in [0.3, 0.4) is 0 Å². The fraction of sp³-hybridized carbons (Fsp3) is 0.250. The van der Waals surface area contributed by atoms with Crippen LogP contribution in [-0.4, -0.2) is 30.2 Å². The molecule has 1 unspecified atom stereocenters. The summed E-state index contributed by atoms with van der Waals surface area (Å²) in [6, 6.07) is 23.1. The molecule has 3 rings (SSSR count). The Bertz CT molecular complexity index is 944. The van der Waals surface area contributed by atoms with Crippen molar-refractivity contribution in [3.05, 3.63) is 106 Å². The summed E-state index contributed by atoms with van der Waals surface area (Å²) >= 11 is 0. The average molecular weight is 390 g/mol. The first-order valence-electron chi connectivity index (χ1n) is 9.70. The van der Waals surface area contributed by atoms with Gasteiger partial charge in [-0.25, -0.2) is 0 Å². The number of aromatic nitrogens is 1. The number of hydrogen-bond acceptors (Lipinski definition) is 3. The zero-order chi connectivity index (χ0) is 20.6. The van der Waals surface area contributed by atoms with Gasteiger partial charge in [0.1, 0.15) is 0 Å². The van der Waals surface area contributed by atoms with E-state index in [-0.39, 0.29) is 23.4 Å². The number of carbonyl (C=O) groups excluding carboxylic acids is 1. The summed E-state index contributed by atoms with van der Waals surface area (Å²) in [5, 5.41) is 3.11. The van der Waals surface area contributed by atoms with Gasteiger partial charge in [0.25, 0.3) is 11.5 Å². The van der Waals surface area contributed by atoms with Gasteiger partial charge in [0.15, 0.2) is 0 Å². The third kappa shape index (κ3) is 5.21. The lowest BCUT2D eigenvalue weighted by molar-refractivity contribution is 0.0935. The lowest BCUT2D eigenvalue weighted by atomic mass is 9.85. The molecule has 0 spiro atoms. The molecule has 3 aromatic rings. The summed E-state index contributed by atoms with van der Waals surface area (Å²) < 4.78 is 6.53. The van der Waals surface area contributed by atoms with E-state index in [9.17, 15) is 9.59 Å². The third-order valence-electron chi connectivity index (χ3n) is 4.96. The molecule has 0 bridgehead atoms. The second kappa shape index (κ2) is 9.85. The summed E-state index contributed by atoms with van der Waals surface area (Å²) in [6.45, 7) is 2.82. The molecule has 1 atom stereocenters. The molecule has 5 heteroatoms. The van der Waals surface area contributed by atoms with Crippen molar-refractivity contribution < 1.29 is 9.53 Å². The molecule has 0 saturated heterocycles. The van der Waals surface area contributed by atoms with Gasteiger partial charge in [0, 0.05) is 37.9 Å². The first-order valence-corrected chi connectivity index (χ1v) is 9.70. The number of hydrogen-bond donors (Lipinski definition) is 1. The van der Waals surface area contributed by atoms with E-state index < -0.39 is 0 Å². The summed E-state index contributed by atoms with van der Waals surface area (Å²) in [4.78, 5) is 24.9. The monoisotopic (exact) mass is 390 g/mol. The highest BCUT2D eigenvalue weighted by Crippen LogP contribution is 2.28. The van der Waals surface area contributed by atoms with Crippen LogP contribution in [0.25, 0.3) is 0 Å². The molecule has 29 heavy (non-hydrogen) atoms. The van der Waals surface area contributed by atoms with Crippen LogP contribution in [0.5, 0.6) is 0 Å². The lowest BCUT2D eigenvalue weighted by Gasteiger charge is -2.26. The normalized spacial score (nSPS) is 12.0. The van der Waals surface area contributed by atoms with Crippen molar-refractivity contribution in [1.29, 1.82) is 0 Å². The van der Waals surface area contributed by atoms with Gasteiger partial charge < -0.3 is 14.6 Å². The molecular weight excluding hydrogens is 364 g/mol. The van der Waals surface area contributed by atoms with E-state index in [2.05, 4.69) is 29.6 Å². The maximum absolute atomic E-state index is 12.9. The molecule has 0 radical (unpaired) electrons. The van der Waals surface area contributed by atoms with Gasteiger partial charge in [-0.3, -0.25) is 9.59 Å². The van der Waals surface area contributed by atoms with Crippen molar-refractivity contribution in [2.45, 2.75) is 25.4 Å². The van der Waals surface area contributed by atoms with E-state index >= 15 is 0 Å². The second-order valence-electron chi connectivity index (χ2n) is 7.00. The molecule has 0 aliphatic rings. The van der Waals surface area contributed by atoms with Gasteiger partial charge in [-0.15, -0.1) is 0 Å². The summed E-state index contributed by atoms with van der Waals surface area (Å²) in [7, 11) is 1.58. The van der Waals surface area contributed by atoms with Crippen molar-refractivity contribution in [1.82, 2.24) is 9.88 Å². The first-order chi connectivity index (χ1) is 14.1. The van der Waals surface area contributed by atoms with Crippen LogP contribution in [0.1, 0.15) is 34.3 Å². The molecular formula is C24H26N2O3. The zero-order valence-corrected chi connectivity index (χ0v) is 16.7. The van der Waals surface area contributed by atoms with Crippen molar-refractivity contribution in [3.63, 3.8) is 0 Å². The van der Waals surface area contributed by atoms with Crippen LogP contribution in [0.15, 0.2) is 83.8 Å². The summed E-state index contributed by atoms with van der Waals surface area (Å²) in [5.41, 5.74) is 2.57. The minimum absolute atomic E-state index is 0.0146. The van der Waals surface area contributed by atoms with Crippen LogP contribution >= 0.6 is 0 Å². The maximum Gasteiger partial charge on any atom is 0.253 e. The van der Waals surface area contributed by atoms with E-state index in [0.29, 0.717) is 18.7 Å². The van der Waals surface area contributed by atoms with Crippen molar-refractivity contribution in [2.75, 3.05) is 13.7 Å². The number of nitrogens with one attached hydrogen (secondary N) is 1. The molecule has 2 aromatic carbocycles. The number of rotatable bonds is 8. The Labute approximate surface area is 171 Å². The fourth-order valence-corrected chi connectivity index (χ4v) is 3.49. The Morgan fingerprint density at radius 2 is 1.55 bits per heavy atom. The SMILES string of the molecule is COCCn1cc(C(=O)NC(C)C(c2ccccc2)c2ccccc2)ccc1=O. The molecule has 0 fully saturated rings. The number of benzene rings is 2. The smallest absolute Gasteiger partial charge is 0.253 e. The fourth-order valence-electron chi connectivity index (χ4n) is 3.49. The maximum atomic E-state index is 12.9. The number of nitrogens with zero attached hydrogens (tertiary/aromatic N) is 1. The van der Waals surface area contributed by atoms with Crippen LogP contribution in [-0.2, 0) is 11.3 Å². The van der Waals surface area contributed by atoms with Gasteiger partial charge >= 0.3 is 0 Å². The lowest BCUT2D eigenvalue weighted by Crippen LogP contribution is -2.38. The van der Waals surface area contributed by atoms with Gasteiger partial charge in [0.05, 0.1) is 12.2 Å². The van der Waals surface area contributed by atoms with E-state index in [1.54, 1.807) is 19.4 Å². The van der Waals surface area contributed by atoms with E-state index in [4.69, 9.17) is 4.74 Å². The third-order valence-corrected chi connectivity index (χ3v) is 4.96. The largest absolute Gasteiger partial charge is 0.383 e. The number of methoxy groups -OCH3 is 1. The van der Waals surface area contributed by atoms with E-state index in [1.165, 1.54) is 10.6 Å². The van der Waals surface area contributed by atoms with Gasteiger partial charge in [-0.1, -0.05) is 60.7 Å². The zero-order valence-electron chi connectivity index (χ0n) is 16.7. The molecule has 1 heterocycles. The van der Waals surface area contributed by atoms with Crippen LogP contribution in [0.4, 0.5) is 0 Å². The number of carbonyl (C=O) groups is 1. The quantitative estimate of drug-likeness (QED) is 0.641.